The van der Waals surface area contributed by atoms with Gasteiger partial charge >= 0.3 is 0 Å². The smallest absolute Gasteiger partial charge is 0.279 e. The number of nitrogens with zero attached hydrogens (tertiary/aromatic N) is 1. The summed E-state index contributed by atoms with van der Waals surface area (Å²) >= 11 is 0. The van der Waals surface area contributed by atoms with Crippen molar-refractivity contribution >= 4 is 10.2 Å². The van der Waals surface area contributed by atoms with Crippen LogP contribution < -0.4 is 4.72 Å². The highest BCUT2D eigenvalue weighted by Crippen LogP contribution is 2.18. The third kappa shape index (κ3) is 3.87. The summed E-state index contributed by atoms with van der Waals surface area (Å²) in [6.45, 7) is 4.96. The fraction of sp³-hybridized carbons (Fsp3) is 1.00. The molecule has 112 valence electrons. The minimum Gasteiger partial charge on any atom is -0.386 e. The van der Waals surface area contributed by atoms with Gasteiger partial charge in [0, 0.05) is 32.7 Å². The predicted octanol–water partition coefficient (Wildman–Crippen LogP) is -0.919. The number of rotatable bonds is 4. The van der Waals surface area contributed by atoms with Crippen LogP contribution in [0.5, 0.6) is 0 Å². The Morgan fingerprint density at radius 3 is 2.53 bits per heavy atom. The van der Waals surface area contributed by atoms with E-state index in [9.17, 15) is 13.5 Å². The molecule has 0 saturated carbocycles. The zero-order chi connectivity index (χ0) is 14.1. The zero-order valence-corrected chi connectivity index (χ0v) is 12.1. The van der Waals surface area contributed by atoms with Crippen molar-refractivity contribution < 1.29 is 23.0 Å². The van der Waals surface area contributed by atoms with Crippen LogP contribution in [0.25, 0.3) is 0 Å². The Morgan fingerprint density at radius 2 is 2.00 bits per heavy atom. The Kier molecular flexibility index (Phi) is 4.49. The molecule has 0 radical (unpaired) electrons. The van der Waals surface area contributed by atoms with Crippen LogP contribution in [0.2, 0.25) is 0 Å². The van der Waals surface area contributed by atoms with Gasteiger partial charge in [0.15, 0.2) is 0 Å². The topological polar surface area (TPSA) is 88.1 Å². The second kappa shape index (κ2) is 5.63. The summed E-state index contributed by atoms with van der Waals surface area (Å²) in [7, 11) is -3.59. The molecule has 0 aliphatic carbocycles. The average Bonchev–Trinajstić information content (AvgIpc) is 2.73. The monoisotopic (exact) mass is 294 g/mol. The summed E-state index contributed by atoms with van der Waals surface area (Å²) in [5.74, 6) is 0. The van der Waals surface area contributed by atoms with Crippen LogP contribution >= 0.6 is 0 Å². The Morgan fingerprint density at radius 1 is 1.37 bits per heavy atom. The van der Waals surface area contributed by atoms with Crippen LogP contribution in [0.3, 0.4) is 0 Å². The van der Waals surface area contributed by atoms with E-state index in [0.29, 0.717) is 26.1 Å². The van der Waals surface area contributed by atoms with Crippen molar-refractivity contribution in [2.75, 3.05) is 32.8 Å². The highest BCUT2D eigenvalue weighted by Gasteiger charge is 2.36. The van der Waals surface area contributed by atoms with Gasteiger partial charge in [0.1, 0.15) is 5.60 Å². The van der Waals surface area contributed by atoms with E-state index in [-0.39, 0.29) is 25.4 Å². The van der Waals surface area contributed by atoms with Crippen LogP contribution in [0.1, 0.15) is 20.3 Å². The molecule has 2 aliphatic heterocycles. The molecule has 0 aromatic carbocycles. The molecule has 8 heteroatoms. The number of ether oxygens (including phenoxy) is 2. The Balaban J connectivity index is 1.94. The first kappa shape index (κ1) is 15.1. The molecule has 2 fully saturated rings. The lowest BCUT2D eigenvalue weighted by atomic mass is 10.1. The van der Waals surface area contributed by atoms with Gasteiger partial charge in [-0.05, 0) is 13.8 Å². The van der Waals surface area contributed by atoms with E-state index < -0.39 is 15.8 Å². The standard InChI is InChI=1S/C11H22N2O5S/c1-9-5-13(6-10(2)18-9)19(15,16)12-7-11(14)3-4-17-8-11/h9-10,12,14H,3-8H2,1-2H3. The second-order valence-electron chi connectivity index (χ2n) is 5.43. The minimum absolute atomic E-state index is 0.0184. The Hall–Kier alpha value is -0.250. The maximum absolute atomic E-state index is 12.2. The molecule has 3 atom stereocenters. The van der Waals surface area contributed by atoms with Gasteiger partial charge in [-0.1, -0.05) is 0 Å². The molecule has 0 aromatic rings. The van der Waals surface area contributed by atoms with Crippen LogP contribution in [0.15, 0.2) is 0 Å². The van der Waals surface area contributed by atoms with Gasteiger partial charge in [-0.3, -0.25) is 0 Å². The maximum Gasteiger partial charge on any atom is 0.279 e. The van der Waals surface area contributed by atoms with Crippen molar-refractivity contribution in [2.24, 2.45) is 0 Å². The fourth-order valence-electron chi connectivity index (χ4n) is 2.38. The molecule has 7 nitrogen and oxygen atoms in total. The highest BCUT2D eigenvalue weighted by atomic mass is 32.2. The number of aliphatic hydroxyl groups is 1. The van der Waals surface area contributed by atoms with Crippen LogP contribution in [-0.2, 0) is 19.7 Å². The van der Waals surface area contributed by atoms with E-state index in [0.717, 1.165) is 0 Å². The minimum atomic E-state index is -3.59. The van der Waals surface area contributed by atoms with Crippen molar-refractivity contribution in [1.29, 1.82) is 0 Å². The second-order valence-corrected chi connectivity index (χ2v) is 7.18. The van der Waals surface area contributed by atoms with Gasteiger partial charge in [0.2, 0.25) is 0 Å². The van der Waals surface area contributed by atoms with Gasteiger partial charge < -0.3 is 14.6 Å². The lowest BCUT2D eigenvalue weighted by Crippen LogP contribution is -2.54. The van der Waals surface area contributed by atoms with Crippen molar-refractivity contribution in [3.8, 4) is 0 Å². The van der Waals surface area contributed by atoms with E-state index >= 15 is 0 Å². The van der Waals surface area contributed by atoms with Gasteiger partial charge in [-0.2, -0.15) is 17.4 Å². The van der Waals surface area contributed by atoms with Crippen LogP contribution in [0, 0.1) is 0 Å². The molecule has 2 aliphatic rings. The first-order valence-corrected chi connectivity index (χ1v) is 7.95. The summed E-state index contributed by atoms with van der Waals surface area (Å²) in [6.07, 6.45) is 0.197. The fourth-order valence-corrected chi connectivity index (χ4v) is 3.83. The maximum atomic E-state index is 12.2. The van der Waals surface area contributed by atoms with Crippen molar-refractivity contribution in [1.82, 2.24) is 9.03 Å². The van der Waals surface area contributed by atoms with Crippen molar-refractivity contribution in [3.63, 3.8) is 0 Å². The van der Waals surface area contributed by atoms with Crippen molar-refractivity contribution in [3.05, 3.63) is 0 Å². The SMILES string of the molecule is CC1CN(S(=O)(=O)NCC2(O)CCOC2)CC(C)O1. The lowest BCUT2D eigenvalue weighted by Gasteiger charge is -2.35. The van der Waals surface area contributed by atoms with E-state index in [1.807, 2.05) is 13.8 Å². The van der Waals surface area contributed by atoms with E-state index in [4.69, 9.17) is 9.47 Å². The molecular weight excluding hydrogens is 272 g/mol. The Bertz CT molecular complexity index is 397. The molecule has 0 amide bonds. The predicted molar refractivity (Wildman–Crippen MR) is 68.9 cm³/mol. The Labute approximate surface area is 114 Å². The van der Waals surface area contributed by atoms with Gasteiger partial charge in [0.05, 0.1) is 18.8 Å². The average molecular weight is 294 g/mol. The third-order valence-electron chi connectivity index (χ3n) is 3.39. The number of morpholine rings is 1. The molecule has 2 heterocycles. The highest BCUT2D eigenvalue weighted by molar-refractivity contribution is 7.87. The summed E-state index contributed by atoms with van der Waals surface area (Å²) in [5, 5.41) is 10.1. The zero-order valence-electron chi connectivity index (χ0n) is 11.3. The molecule has 19 heavy (non-hydrogen) atoms. The molecule has 3 unspecified atom stereocenters. The van der Waals surface area contributed by atoms with Gasteiger partial charge in [0.25, 0.3) is 10.2 Å². The summed E-state index contributed by atoms with van der Waals surface area (Å²) in [5.41, 5.74) is -1.09. The summed E-state index contributed by atoms with van der Waals surface area (Å²) in [6, 6.07) is 0. The molecule has 0 bridgehead atoms. The largest absolute Gasteiger partial charge is 0.386 e. The van der Waals surface area contributed by atoms with E-state index in [1.54, 1.807) is 0 Å². The quantitative estimate of drug-likeness (QED) is 0.700. The van der Waals surface area contributed by atoms with Gasteiger partial charge in [-0.25, -0.2) is 0 Å². The molecule has 0 spiro atoms. The van der Waals surface area contributed by atoms with E-state index in [2.05, 4.69) is 4.72 Å². The lowest BCUT2D eigenvalue weighted by molar-refractivity contribution is -0.0446. The third-order valence-corrected chi connectivity index (χ3v) is 4.88. The molecule has 2 rings (SSSR count). The first-order chi connectivity index (χ1) is 8.81. The van der Waals surface area contributed by atoms with Crippen LogP contribution in [-0.4, -0.2) is 68.5 Å². The van der Waals surface area contributed by atoms with Gasteiger partial charge in [-0.15, -0.1) is 0 Å². The molecule has 0 aromatic heterocycles. The summed E-state index contributed by atoms with van der Waals surface area (Å²) < 4.78 is 38.8. The molecule has 2 N–H and O–H groups in total. The first-order valence-electron chi connectivity index (χ1n) is 6.51. The van der Waals surface area contributed by atoms with Crippen LogP contribution in [0.4, 0.5) is 0 Å². The number of nitrogens with one attached hydrogen (secondary N) is 1. The normalized spacial score (nSPS) is 37.6. The number of hydrogen-bond acceptors (Lipinski definition) is 5. The number of hydrogen-bond donors (Lipinski definition) is 2. The van der Waals surface area contributed by atoms with Crippen molar-refractivity contribution in [2.45, 2.75) is 38.1 Å². The molecular formula is C11H22N2O5S. The molecule has 2 saturated heterocycles. The van der Waals surface area contributed by atoms with E-state index in [1.165, 1.54) is 4.31 Å². The summed E-state index contributed by atoms with van der Waals surface area (Å²) in [4.78, 5) is 0.